The van der Waals surface area contributed by atoms with E-state index >= 15 is 0 Å². The number of aryl methyl sites for hydroxylation is 2. The van der Waals surface area contributed by atoms with Crippen molar-refractivity contribution in [1.29, 1.82) is 0 Å². The lowest BCUT2D eigenvalue weighted by molar-refractivity contribution is 0.411. The van der Waals surface area contributed by atoms with Gasteiger partial charge in [0.05, 0.1) is 5.69 Å². The first-order valence-corrected chi connectivity index (χ1v) is 12.8. The standard InChI is InChI=1S/C32H29NOS/c1-19-8-6-9-20(2)29(19)26-16-27(33-18-21(26)17-32(3,4)5)24-11-7-10-22-23-12-13-28-25(14-15-35-28)31(23)34-30(22)24/h6-16,18H,17H2,1-5H3/i17D2. The van der Waals surface area contributed by atoms with Gasteiger partial charge in [0.25, 0.3) is 0 Å². The molecule has 0 spiro atoms. The Balaban J connectivity index is 1.65. The second kappa shape index (κ2) is 8.07. The predicted octanol–water partition coefficient (Wildman–Crippen LogP) is 9.74. The molecule has 0 bridgehead atoms. The highest BCUT2D eigenvalue weighted by Crippen LogP contribution is 2.41. The summed E-state index contributed by atoms with van der Waals surface area (Å²) in [6, 6.07) is 20.9. The average Bonchev–Trinajstić information content (AvgIpc) is 3.47. The zero-order chi connectivity index (χ0) is 26.1. The molecule has 3 heteroatoms. The van der Waals surface area contributed by atoms with Crippen molar-refractivity contribution >= 4 is 43.4 Å². The first-order valence-electron chi connectivity index (χ1n) is 13.0. The fraction of sp³-hybridized carbons (Fsp3) is 0.219. The Morgan fingerprint density at radius 1 is 0.857 bits per heavy atom. The number of pyridine rings is 1. The third kappa shape index (κ3) is 3.75. The molecule has 174 valence electrons. The summed E-state index contributed by atoms with van der Waals surface area (Å²) in [6.07, 6.45) is 0.152. The molecule has 0 amide bonds. The van der Waals surface area contributed by atoms with Gasteiger partial charge in [0, 0.05) is 35.4 Å². The smallest absolute Gasteiger partial charge is 0.144 e. The van der Waals surface area contributed by atoms with Crippen LogP contribution >= 0.6 is 11.3 Å². The monoisotopic (exact) mass is 477 g/mol. The van der Waals surface area contributed by atoms with E-state index in [1.807, 2.05) is 32.9 Å². The lowest BCUT2D eigenvalue weighted by Crippen LogP contribution is -2.11. The molecule has 0 unspecified atom stereocenters. The van der Waals surface area contributed by atoms with Gasteiger partial charge < -0.3 is 4.42 Å². The summed E-state index contributed by atoms with van der Waals surface area (Å²) in [6.45, 7) is 10.00. The molecule has 3 aromatic carbocycles. The van der Waals surface area contributed by atoms with Crippen LogP contribution in [0.2, 0.25) is 0 Å². The van der Waals surface area contributed by atoms with Crippen molar-refractivity contribution in [1.82, 2.24) is 4.98 Å². The van der Waals surface area contributed by atoms with Gasteiger partial charge in [-0.15, -0.1) is 11.3 Å². The number of hydrogen-bond acceptors (Lipinski definition) is 3. The number of benzene rings is 3. The van der Waals surface area contributed by atoms with Crippen LogP contribution in [0.1, 0.15) is 40.2 Å². The Labute approximate surface area is 213 Å². The van der Waals surface area contributed by atoms with Crippen LogP contribution < -0.4 is 0 Å². The zero-order valence-corrected chi connectivity index (χ0v) is 21.5. The topological polar surface area (TPSA) is 26.0 Å². The minimum atomic E-state index is -1.58. The van der Waals surface area contributed by atoms with Crippen molar-refractivity contribution in [2.24, 2.45) is 5.41 Å². The Kier molecular flexibility index (Phi) is 4.57. The molecule has 6 rings (SSSR count). The van der Waals surface area contributed by atoms with Crippen molar-refractivity contribution in [2.45, 2.75) is 41.0 Å². The summed E-state index contributed by atoms with van der Waals surface area (Å²) in [4.78, 5) is 4.85. The second-order valence-electron chi connectivity index (χ2n) is 10.3. The number of furan rings is 1. The Morgan fingerprint density at radius 2 is 1.60 bits per heavy atom. The summed E-state index contributed by atoms with van der Waals surface area (Å²) in [7, 11) is 0. The van der Waals surface area contributed by atoms with E-state index in [0.717, 1.165) is 60.8 Å². The molecule has 0 atom stereocenters. The molecule has 0 aliphatic carbocycles. The zero-order valence-electron chi connectivity index (χ0n) is 22.7. The molecule has 0 N–H and O–H groups in total. The summed E-state index contributed by atoms with van der Waals surface area (Å²) >= 11 is 1.71. The van der Waals surface area contributed by atoms with Gasteiger partial charge in [-0.05, 0) is 89.2 Å². The summed E-state index contributed by atoms with van der Waals surface area (Å²) in [5, 5.41) is 5.38. The second-order valence-corrected chi connectivity index (χ2v) is 11.3. The SMILES string of the molecule is [2H]C([2H])(c1cnc(-c2cccc3c2oc2c4ccsc4ccc32)cc1-c1c(C)cccc1C)C(C)(C)C. The maximum Gasteiger partial charge on any atom is 0.144 e. The van der Waals surface area contributed by atoms with E-state index in [4.69, 9.17) is 12.1 Å². The number of aromatic nitrogens is 1. The highest BCUT2D eigenvalue weighted by Gasteiger charge is 2.20. The molecule has 6 aromatic rings. The van der Waals surface area contributed by atoms with Gasteiger partial charge >= 0.3 is 0 Å². The first kappa shape index (κ1) is 19.8. The molecule has 3 aromatic heterocycles. The molecule has 0 fully saturated rings. The van der Waals surface area contributed by atoms with Crippen LogP contribution in [0.5, 0.6) is 0 Å². The van der Waals surface area contributed by atoms with E-state index in [-0.39, 0.29) is 0 Å². The lowest BCUT2D eigenvalue weighted by Gasteiger charge is -2.22. The molecule has 0 saturated carbocycles. The minimum absolute atomic E-state index is 0.605. The predicted molar refractivity (Wildman–Crippen MR) is 150 cm³/mol. The minimum Gasteiger partial charge on any atom is -0.455 e. The summed E-state index contributed by atoms with van der Waals surface area (Å²) in [5.74, 6) is 0. The molecule has 0 aliphatic rings. The molecule has 0 aliphatic heterocycles. The molecule has 0 radical (unpaired) electrons. The third-order valence-corrected chi connectivity index (χ3v) is 7.42. The maximum atomic E-state index is 9.10. The number of thiophene rings is 1. The quantitative estimate of drug-likeness (QED) is 0.253. The molecule has 3 heterocycles. The van der Waals surface area contributed by atoms with Crippen LogP contribution in [0.3, 0.4) is 0 Å². The van der Waals surface area contributed by atoms with Gasteiger partial charge in [-0.25, -0.2) is 0 Å². The van der Waals surface area contributed by atoms with Crippen LogP contribution in [-0.2, 0) is 6.37 Å². The average molecular weight is 478 g/mol. The number of para-hydroxylation sites is 1. The Hall–Kier alpha value is -3.43. The van der Waals surface area contributed by atoms with Crippen molar-refractivity contribution < 1.29 is 7.16 Å². The highest BCUT2D eigenvalue weighted by molar-refractivity contribution is 7.17. The van der Waals surface area contributed by atoms with E-state index in [0.29, 0.717) is 5.56 Å². The van der Waals surface area contributed by atoms with Gasteiger partial charge in [-0.2, -0.15) is 0 Å². The Morgan fingerprint density at radius 3 is 2.37 bits per heavy atom. The van der Waals surface area contributed by atoms with E-state index in [1.54, 1.807) is 17.5 Å². The number of nitrogens with zero attached hydrogens (tertiary/aromatic N) is 1. The fourth-order valence-electron chi connectivity index (χ4n) is 5.05. The van der Waals surface area contributed by atoms with Crippen molar-refractivity contribution in [3.8, 4) is 22.4 Å². The number of rotatable bonds is 3. The Bertz CT molecular complexity index is 1800. The molecule has 0 saturated heterocycles. The van der Waals surface area contributed by atoms with E-state index in [1.165, 1.54) is 4.70 Å². The van der Waals surface area contributed by atoms with Gasteiger partial charge in [0.2, 0.25) is 0 Å². The van der Waals surface area contributed by atoms with Crippen LogP contribution in [0.15, 0.2) is 76.7 Å². The maximum absolute atomic E-state index is 9.10. The van der Waals surface area contributed by atoms with Gasteiger partial charge in [-0.1, -0.05) is 51.1 Å². The highest BCUT2D eigenvalue weighted by atomic mass is 32.1. The van der Waals surface area contributed by atoms with Gasteiger partial charge in [0.15, 0.2) is 0 Å². The molecular weight excluding hydrogens is 446 g/mol. The van der Waals surface area contributed by atoms with E-state index in [9.17, 15) is 0 Å². The molecule has 2 nitrogen and oxygen atoms in total. The van der Waals surface area contributed by atoms with Crippen LogP contribution in [-0.4, -0.2) is 4.98 Å². The van der Waals surface area contributed by atoms with Crippen molar-refractivity contribution in [3.05, 3.63) is 88.9 Å². The van der Waals surface area contributed by atoms with Crippen LogP contribution in [0.4, 0.5) is 0 Å². The lowest BCUT2D eigenvalue weighted by atomic mass is 9.83. The van der Waals surface area contributed by atoms with Crippen molar-refractivity contribution in [2.75, 3.05) is 0 Å². The first-order chi connectivity index (χ1) is 17.6. The normalized spacial score (nSPS) is 13.5. The van der Waals surface area contributed by atoms with Crippen molar-refractivity contribution in [3.63, 3.8) is 0 Å². The van der Waals surface area contributed by atoms with Gasteiger partial charge in [0.1, 0.15) is 11.2 Å². The number of fused-ring (bicyclic) bond motifs is 5. The summed E-state index contributed by atoms with van der Waals surface area (Å²) < 4.78 is 26.0. The third-order valence-electron chi connectivity index (χ3n) is 6.54. The van der Waals surface area contributed by atoms with Crippen LogP contribution in [0, 0.1) is 19.3 Å². The molecule has 35 heavy (non-hydrogen) atoms. The van der Waals surface area contributed by atoms with E-state index in [2.05, 4.69) is 67.8 Å². The number of hydrogen-bond donors (Lipinski definition) is 0. The van der Waals surface area contributed by atoms with Crippen LogP contribution in [0.25, 0.3) is 54.4 Å². The van der Waals surface area contributed by atoms with E-state index < -0.39 is 11.8 Å². The largest absolute Gasteiger partial charge is 0.455 e. The summed E-state index contributed by atoms with van der Waals surface area (Å²) in [5.41, 5.74) is 7.57. The fourth-order valence-corrected chi connectivity index (χ4v) is 5.84. The molecular formula is C32H29NOS. The van der Waals surface area contributed by atoms with Gasteiger partial charge in [-0.3, -0.25) is 4.98 Å².